The normalized spacial score (nSPS) is 13.1. The van der Waals surface area contributed by atoms with E-state index in [0.717, 1.165) is 90.4 Å². The molecule has 12 aromatic rings. The standard InChI is InChI=1S/C76H56B2N4OS/c1-76(2,3)52-43-41-51(42-44-52)60-35-19-22-38-65(60)82-67-50-72-64(49-63(67)78-62-37-21-24-40-70(62)83-71-47-58(45-68(82)74(71)78)79(53-25-9-4-10-26-53)54-27-11-5-12-28-54)77-61-36-20-23-39-66(61)81(57-33-17-8-18-34-57)69-46-59(48-73(84-72)75(69)77)80(55-29-13-6-14-30-55)56-31-15-7-16-32-56/h4-50H,1-3H3. The van der Waals surface area contributed by atoms with Gasteiger partial charge in [0.25, 0.3) is 6.71 Å². The summed E-state index contributed by atoms with van der Waals surface area (Å²) in [7, 11) is 0. The van der Waals surface area contributed by atoms with Gasteiger partial charge in [-0.2, -0.15) is 0 Å². The fraction of sp³-hybridized carbons (Fsp3) is 0.0526. The van der Waals surface area contributed by atoms with Crippen molar-refractivity contribution >= 4 is 126 Å². The molecule has 84 heavy (non-hydrogen) atoms. The highest BCUT2D eigenvalue weighted by molar-refractivity contribution is 8.00. The van der Waals surface area contributed by atoms with Crippen molar-refractivity contribution in [2.24, 2.45) is 0 Å². The molecule has 0 aromatic heterocycles. The van der Waals surface area contributed by atoms with E-state index in [-0.39, 0.29) is 18.8 Å². The zero-order valence-corrected chi connectivity index (χ0v) is 47.7. The molecule has 0 atom stereocenters. The number of rotatable bonds is 9. The maximum absolute atomic E-state index is 7.30. The second-order valence-corrected chi connectivity index (χ2v) is 24.3. The predicted molar refractivity (Wildman–Crippen MR) is 356 cm³/mol. The predicted octanol–water partition coefficient (Wildman–Crippen LogP) is 16.8. The summed E-state index contributed by atoms with van der Waals surface area (Å²) in [6.45, 7) is 6.63. The van der Waals surface area contributed by atoms with Gasteiger partial charge in [0.1, 0.15) is 11.5 Å². The Labute approximate surface area is 496 Å². The lowest BCUT2D eigenvalue weighted by Crippen LogP contribution is -2.63. The molecule has 0 saturated heterocycles. The minimum Gasteiger partial charge on any atom is -0.458 e. The SMILES string of the molecule is CC(C)(C)c1ccc(-c2ccccc2N2c3cc4c(cc3B3c5ccccc5Oc5cc(N(c6ccccc6)c6ccccc6)cc2c53)B2c3ccccc3N(c3ccccc3)c3cc(N(c5ccccc5)c5ccccc5)cc(c32)S4)cc1. The monoisotopic (exact) mass is 1090 g/mol. The fourth-order valence-corrected chi connectivity index (χ4v) is 14.7. The van der Waals surface area contributed by atoms with Crippen LogP contribution in [-0.2, 0) is 5.41 Å². The Kier molecular flexibility index (Phi) is 11.8. The van der Waals surface area contributed by atoms with Crippen molar-refractivity contribution in [3.63, 3.8) is 0 Å². The number of ether oxygens (including phenoxy) is 1. The number of benzene rings is 12. The first-order valence-electron chi connectivity index (χ1n) is 29.1. The molecule has 4 heterocycles. The van der Waals surface area contributed by atoms with Gasteiger partial charge >= 0.3 is 0 Å². The summed E-state index contributed by atoms with van der Waals surface area (Å²) < 4.78 is 7.30. The summed E-state index contributed by atoms with van der Waals surface area (Å²) in [4.78, 5) is 12.3. The van der Waals surface area contributed by atoms with E-state index in [1.165, 1.54) is 48.6 Å². The summed E-state index contributed by atoms with van der Waals surface area (Å²) in [5.74, 6) is 1.72. The van der Waals surface area contributed by atoms with Crippen LogP contribution in [0.5, 0.6) is 11.5 Å². The van der Waals surface area contributed by atoms with Gasteiger partial charge in [-0.25, -0.2) is 0 Å². The third-order valence-electron chi connectivity index (χ3n) is 17.2. The number of nitrogens with zero attached hydrogens (tertiary/aromatic N) is 4. The van der Waals surface area contributed by atoms with Gasteiger partial charge in [-0.3, -0.25) is 0 Å². The van der Waals surface area contributed by atoms with E-state index in [4.69, 9.17) is 4.74 Å². The Morgan fingerprint density at radius 3 is 1.45 bits per heavy atom. The van der Waals surface area contributed by atoms with Gasteiger partial charge in [-0.05, 0) is 147 Å². The molecule has 0 aliphatic carbocycles. The van der Waals surface area contributed by atoms with Crippen molar-refractivity contribution in [1.82, 2.24) is 0 Å². The third-order valence-corrected chi connectivity index (χ3v) is 18.4. The molecule has 0 N–H and O–H groups in total. The van der Waals surface area contributed by atoms with Gasteiger partial charge in [0, 0.05) is 78.3 Å². The van der Waals surface area contributed by atoms with Gasteiger partial charge in [0.05, 0.1) is 11.4 Å². The van der Waals surface area contributed by atoms with Crippen LogP contribution in [0.25, 0.3) is 11.1 Å². The van der Waals surface area contributed by atoms with Crippen molar-refractivity contribution in [2.45, 2.75) is 36.0 Å². The molecule has 5 nitrogen and oxygen atoms in total. The molecule has 0 unspecified atom stereocenters. The van der Waals surface area contributed by atoms with Crippen LogP contribution in [0.15, 0.2) is 295 Å². The Balaban J connectivity index is 0.980. The number of fused-ring (bicyclic) bond motifs is 8. The van der Waals surface area contributed by atoms with Crippen LogP contribution in [0.1, 0.15) is 26.3 Å². The van der Waals surface area contributed by atoms with Gasteiger partial charge in [0.15, 0.2) is 0 Å². The lowest BCUT2D eigenvalue weighted by Gasteiger charge is -2.44. The van der Waals surface area contributed by atoms with Crippen LogP contribution in [0.4, 0.5) is 68.2 Å². The van der Waals surface area contributed by atoms with Crippen LogP contribution < -0.4 is 57.1 Å². The highest BCUT2D eigenvalue weighted by atomic mass is 32.2. The van der Waals surface area contributed by atoms with E-state index >= 15 is 0 Å². The first-order valence-corrected chi connectivity index (χ1v) is 29.9. The van der Waals surface area contributed by atoms with E-state index in [9.17, 15) is 0 Å². The zero-order chi connectivity index (χ0) is 56.0. The average Bonchev–Trinajstić information content (AvgIpc) is 1.27. The molecule has 0 saturated carbocycles. The number of hydrogen-bond donors (Lipinski definition) is 0. The second-order valence-electron chi connectivity index (χ2n) is 23.2. The van der Waals surface area contributed by atoms with Crippen LogP contribution in [0.2, 0.25) is 0 Å². The van der Waals surface area contributed by atoms with Gasteiger partial charge < -0.3 is 24.3 Å². The summed E-state index contributed by atoms with van der Waals surface area (Å²) in [6.07, 6.45) is 0. The Bertz CT molecular complexity index is 4420. The van der Waals surface area contributed by atoms with E-state index in [0.29, 0.717) is 0 Å². The molecule has 0 fully saturated rings. The molecular formula is C76H56B2N4OS. The van der Waals surface area contributed by atoms with Gasteiger partial charge in [-0.1, -0.05) is 214 Å². The molecular weight excluding hydrogens is 1040 g/mol. The van der Waals surface area contributed by atoms with E-state index < -0.39 is 0 Å². The van der Waals surface area contributed by atoms with E-state index in [2.05, 4.69) is 325 Å². The molecule has 0 spiro atoms. The van der Waals surface area contributed by atoms with Crippen molar-refractivity contribution in [3.05, 3.63) is 291 Å². The Morgan fingerprint density at radius 2 is 0.845 bits per heavy atom. The first-order chi connectivity index (χ1) is 41.3. The largest absolute Gasteiger partial charge is 0.458 e. The quantitative estimate of drug-likeness (QED) is 0.133. The zero-order valence-electron chi connectivity index (χ0n) is 46.9. The fourth-order valence-electron chi connectivity index (χ4n) is 13.5. The van der Waals surface area contributed by atoms with Crippen LogP contribution in [-0.4, -0.2) is 13.4 Å². The van der Waals surface area contributed by atoms with E-state index in [1.807, 2.05) is 11.8 Å². The van der Waals surface area contributed by atoms with Crippen molar-refractivity contribution in [2.75, 3.05) is 19.6 Å². The smallest absolute Gasteiger partial charge is 0.256 e. The van der Waals surface area contributed by atoms with Crippen LogP contribution in [0, 0.1) is 0 Å². The topological polar surface area (TPSA) is 22.2 Å². The summed E-state index contributed by atoms with van der Waals surface area (Å²) >= 11 is 1.90. The molecule has 8 heteroatoms. The van der Waals surface area contributed by atoms with Crippen LogP contribution in [0.3, 0.4) is 0 Å². The second kappa shape index (κ2) is 19.9. The highest BCUT2D eigenvalue weighted by Crippen LogP contribution is 2.51. The minimum atomic E-state index is -0.149. The number of anilines is 12. The van der Waals surface area contributed by atoms with Crippen LogP contribution >= 0.6 is 11.8 Å². The maximum Gasteiger partial charge on any atom is 0.256 e. The molecule has 398 valence electrons. The number of para-hydroxylation sites is 8. The van der Waals surface area contributed by atoms with Crippen molar-refractivity contribution in [1.29, 1.82) is 0 Å². The highest BCUT2D eigenvalue weighted by Gasteiger charge is 2.47. The van der Waals surface area contributed by atoms with Crippen molar-refractivity contribution < 1.29 is 4.74 Å². The molecule has 0 amide bonds. The average molecular weight is 1100 g/mol. The Hall–Kier alpha value is -9.88. The molecule has 16 rings (SSSR count). The molecule has 0 bridgehead atoms. The summed E-state index contributed by atoms with van der Waals surface area (Å²) in [5, 5.41) is 0. The third kappa shape index (κ3) is 8.18. The molecule has 0 radical (unpaired) electrons. The van der Waals surface area contributed by atoms with Gasteiger partial charge in [0.2, 0.25) is 6.71 Å². The molecule has 12 aromatic carbocycles. The lowest BCUT2D eigenvalue weighted by molar-refractivity contribution is 0.487. The summed E-state index contributed by atoms with van der Waals surface area (Å²) in [5.41, 5.74) is 24.3. The van der Waals surface area contributed by atoms with Gasteiger partial charge in [-0.15, -0.1) is 0 Å². The Morgan fingerprint density at radius 1 is 0.345 bits per heavy atom. The molecule has 4 aliphatic rings. The lowest BCUT2D eigenvalue weighted by atomic mass is 9.31. The van der Waals surface area contributed by atoms with E-state index in [1.54, 1.807) is 0 Å². The minimum absolute atomic E-state index is 0.00894. The first kappa shape index (κ1) is 49.9. The summed E-state index contributed by atoms with van der Waals surface area (Å²) in [6, 6.07) is 105. The van der Waals surface area contributed by atoms with Crippen molar-refractivity contribution in [3.8, 4) is 22.6 Å². The maximum atomic E-state index is 7.30. The molecule has 4 aliphatic heterocycles. The number of hydrogen-bond acceptors (Lipinski definition) is 6.